The van der Waals surface area contributed by atoms with E-state index in [1.54, 1.807) is 17.3 Å². The van der Waals surface area contributed by atoms with Gasteiger partial charge in [-0.1, -0.05) is 47.5 Å². The minimum absolute atomic E-state index is 0.0267. The lowest BCUT2D eigenvalue weighted by Crippen LogP contribution is -2.43. The maximum Gasteiger partial charge on any atom is 0.410 e. The zero-order chi connectivity index (χ0) is 61.2. The van der Waals surface area contributed by atoms with Crippen molar-refractivity contribution in [3.05, 3.63) is 165 Å². The number of imidazole rings is 2. The van der Waals surface area contributed by atoms with Crippen molar-refractivity contribution in [2.45, 2.75) is 129 Å². The fourth-order valence-corrected chi connectivity index (χ4v) is 13.7. The SMILES string of the molecule is CC(C)(C)OC(=O)N1CCC(C2c3ccc(Cl)cc3C=C(C(=O)N3CCC[C@@H](Cn4ccnc4)C3)c3cccnc32)CC1.CC(C)(C)OC(=O)N1CCC(C2c3ccc(Cl)cc3C=C(COO)c3cccnc32)CC1.c1cn(C[C@@H]2CCCNC2)cn1. The molecular weight excluding hydrogens is 1140 g/mol. The van der Waals surface area contributed by atoms with E-state index in [4.69, 9.17) is 42.6 Å². The van der Waals surface area contributed by atoms with Crippen LogP contribution < -0.4 is 5.32 Å². The number of fused-ring (bicyclic) bond motifs is 4. The molecule has 6 aromatic rings. The second kappa shape index (κ2) is 28.5. The number of carbonyl (C=O) groups is 3. The first kappa shape index (κ1) is 63.1. The standard InChI is InChI=1S/C34H40ClN5O3.C25H29ClN2O4.C9H15N3/c1-34(2,3)43-33(42)39-15-10-24(11-16-39)30-27-9-8-26(35)18-25(27)19-29(28-7-4-12-37-31(28)30)32(41)40-14-5-6-23(21-40)20-38-17-13-36-22-38;1-25(2,3)32-24(29)28-11-8-16(9-12-28)22-20-7-6-19(26)14-17(20)13-18(15-31-30)21-5-4-10-27-23(21)22;1-2-9(6-10-3-1)7-12-5-4-11-8-12/h4,7-9,12-13,17-19,22-24,30H,5-6,10-11,14-16,20-21H2,1-3H3;4-7,10,13-14,16,22,30H,8-9,11-12,15H2,1-3H3;4-5,8-10H,1-3,6-7H2/t23-,30?;;9-/m0.1/s1. The van der Waals surface area contributed by atoms with Gasteiger partial charge >= 0.3 is 12.2 Å². The third-order valence-electron chi connectivity index (χ3n) is 17.3. The zero-order valence-corrected chi connectivity index (χ0v) is 52.6. The van der Waals surface area contributed by atoms with Crippen LogP contribution in [-0.4, -0.2) is 137 Å². The summed E-state index contributed by atoms with van der Waals surface area (Å²) in [5, 5.41) is 13.9. The van der Waals surface area contributed by atoms with Gasteiger partial charge in [0.15, 0.2) is 0 Å². The fourth-order valence-electron chi connectivity index (χ4n) is 13.4. The average molecular weight is 1220 g/mol. The van der Waals surface area contributed by atoms with Gasteiger partial charge < -0.3 is 38.6 Å². The molecule has 0 radical (unpaired) electrons. The van der Waals surface area contributed by atoms with Crippen molar-refractivity contribution >= 4 is 64.6 Å². The lowest BCUT2D eigenvalue weighted by Gasteiger charge is -2.37. The first-order valence-corrected chi connectivity index (χ1v) is 31.7. The number of aromatic nitrogens is 6. The summed E-state index contributed by atoms with van der Waals surface area (Å²) in [6, 6.07) is 19.8. The van der Waals surface area contributed by atoms with E-state index in [9.17, 15) is 19.6 Å². The molecule has 6 aliphatic rings. The molecule has 8 heterocycles. The Hall–Kier alpha value is -6.89. The number of nitrogens with one attached hydrogen (secondary N) is 1. The molecule has 462 valence electrons. The quantitative estimate of drug-likeness (QED) is 0.103. The van der Waals surface area contributed by atoms with Crippen LogP contribution in [0.5, 0.6) is 0 Å². The van der Waals surface area contributed by atoms with Gasteiger partial charge in [-0.25, -0.2) is 24.4 Å². The van der Waals surface area contributed by atoms with E-state index in [0.717, 1.165) is 121 Å². The fraction of sp³-hybridized carbons (Fsp3) is 0.485. The maximum absolute atomic E-state index is 14.3. The lowest BCUT2D eigenvalue weighted by molar-refractivity contribution is -0.229. The second-order valence-corrected chi connectivity index (χ2v) is 26.8. The largest absolute Gasteiger partial charge is 0.444 e. The normalized spacial score (nSPS) is 20.7. The first-order chi connectivity index (χ1) is 41.9. The van der Waals surface area contributed by atoms with Crippen LogP contribution in [-0.2, 0) is 32.2 Å². The Bertz CT molecular complexity index is 3350. The Morgan fingerprint density at radius 1 is 0.621 bits per heavy atom. The number of carbonyl (C=O) groups excluding carboxylic acids is 3. The Balaban J connectivity index is 0.000000166. The van der Waals surface area contributed by atoms with Crippen molar-refractivity contribution in [1.29, 1.82) is 0 Å². The zero-order valence-electron chi connectivity index (χ0n) is 51.1. The Morgan fingerprint density at radius 2 is 1.14 bits per heavy atom. The number of nitrogens with zero attached hydrogens (tertiary/aromatic N) is 9. The summed E-state index contributed by atoms with van der Waals surface area (Å²) in [7, 11) is 0. The Kier molecular flexibility index (Phi) is 20.7. The Labute approximate surface area is 522 Å². The van der Waals surface area contributed by atoms with Crippen LogP contribution >= 0.6 is 23.2 Å². The maximum atomic E-state index is 14.3. The molecule has 2 N–H and O–H groups in total. The van der Waals surface area contributed by atoms with Crippen LogP contribution in [0.15, 0.2) is 110 Å². The Morgan fingerprint density at radius 3 is 1.64 bits per heavy atom. The predicted molar refractivity (Wildman–Crippen MR) is 340 cm³/mol. The highest BCUT2D eigenvalue weighted by atomic mass is 35.5. The van der Waals surface area contributed by atoms with Gasteiger partial charge in [-0.2, -0.15) is 0 Å². The average Bonchev–Trinajstić information content (AvgIpc) is 1.91. The smallest absolute Gasteiger partial charge is 0.410 e. The topological polar surface area (TPSA) is 182 Å². The van der Waals surface area contributed by atoms with E-state index >= 15 is 0 Å². The van der Waals surface area contributed by atoms with Crippen molar-refractivity contribution in [2.75, 3.05) is 59.0 Å². The molecule has 17 nitrogen and oxygen atoms in total. The van der Waals surface area contributed by atoms with E-state index in [0.29, 0.717) is 60.2 Å². The highest BCUT2D eigenvalue weighted by Crippen LogP contribution is 2.47. The van der Waals surface area contributed by atoms with Crippen molar-refractivity contribution in [3.63, 3.8) is 0 Å². The predicted octanol–water partition coefficient (Wildman–Crippen LogP) is 13.2. The molecule has 12 rings (SSSR count). The van der Waals surface area contributed by atoms with Crippen LogP contribution in [0.3, 0.4) is 0 Å². The molecule has 2 unspecified atom stereocenters. The third-order valence-corrected chi connectivity index (χ3v) is 17.8. The molecule has 3 amide bonds. The van der Waals surface area contributed by atoms with Gasteiger partial charge in [-0.15, -0.1) is 0 Å². The van der Waals surface area contributed by atoms with Gasteiger partial charge in [-0.05, 0) is 206 Å². The monoisotopic (exact) mass is 1220 g/mol. The van der Waals surface area contributed by atoms with E-state index in [1.807, 2.05) is 149 Å². The van der Waals surface area contributed by atoms with Crippen molar-refractivity contribution in [3.8, 4) is 0 Å². The van der Waals surface area contributed by atoms with Crippen molar-refractivity contribution < 1.29 is 34.0 Å². The molecular formula is C68H84Cl2N10O7. The molecule has 87 heavy (non-hydrogen) atoms. The third kappa shape index (κ3) is 16.3. The van der Waals surface area contributed by atoms with Crippen molar-refractivity contribution in [1.82, 2.24) is 49.1 Å². The van der Waals surface area contributed by atoms with E-state index in [-0.39, 0.29) is 42.5 Å². The van der Waals surface area contributed by atoms with E-state index in [1.165, 1.54) is 19.4 Å². The number of benzene rings is 2. The molecule has 0 spiro atoms. The van der Waals surface area contributed by atoms with Crippen LogP contribution in [0.25, 0.3) is 23.3 Å². The number of rotatable bonds is 9. The van der Waals surface area contributed by atoms with Gasteiger partial charge in [0.2, 0.25) is 0 Å². The molecule has 19 heteroatoms. The number of hydrogen-bond acceptors (Lipinski definition) is 12. The highest BCUT2D eigenvalue weighted by Gasteiger charge is 2.40. The number of likely N-dealkylation sites (tertiary alicyclic amines) is 3. The van der Waals surface area contributed by atoms with E-state index in [2.05, 4.69) is 41.4 Å². The van der Waals surface area contributed by atoms with Crippen LogP contribution in [0.4, 0.5) is 9.59 Å². The summed E-state index contributed by atoms with van der Waals surface area (Å²) in [4.78, 5) is 67.7. The first-order valence-electron chi connectivity index (χ1n) is 30.9. The minimum atomic E-state index is -0.529. The second-order valence-electron chi connectivity index (χ2n) is 26.0. The molecule has 0 bridgehead atoms. The molecule has 4 aromatic heterocycles. The highest BCUT2D eigenvalue weighted by molar-refractivity contribution is 6.31. The number of pyridine rings is 2. The van der Waals surface area contributed by atoms with Gasteiger partial charge in [0.1, 0.15) is 17.8 Å². The molecule has 4 atom stereocenters. The molecule has 2 aliphatic carbocycles. The molecule has 4 saturated heterocycles. The summed E-state index contributed by atoms with van der Waals surface area (Å²) in [5.74, 6) is 1.77. The van der Waals surface area contributed by atoms with E-state index < -0.39 is 11.2 Å². The summed E-state index contributed by atoms with van der Waals surface area (Å²) < 4.78 is 15.5. The molecule has 4 aliphatic heterocycles. The number of piperidine rings is 4. The van der Waals surface area contributed by atoms with Gasteiger partial charge in [0.05, 0.1) is 24.0 Å². The molecule has 4 fully saturated rings. The van der Waals surface area contributed by atoms with Crippen LogP contribution in [0.1, 0.15) is 150 Å². The molecule has 2 aromatic carbocycles. The number of ether oxygens (including phenoxy) is 2. The summed E-state index contributed by atoms with van der Waals surface area (Å²) in [5.41, 5.74) is 8.46. The number of amides is 3. The summed E-state index contributed by atoms with van der Waals surface area (Å²) in [6.45, 7) is 19.7. The minimum Gasteiger partial charge on any atom is -0.444 e. The summed E-state index contributed by atoms with van der Waals surface area (Å²) >= 11 is 12.9. The summed E-state index contributed by atoms with van der Waals surface area (Å²) in [6.07, 6.45) is 26.6. The van der Waals surface area contributed by atoms with Gasteiger partial charge in [-0.3, -0.25) is 20.0 Å². The van der Waals surface area contributed by atoms with Crippen LogP contribution in [0.2, 0.25) is 10.0 Å². The van der Waals surface area contributed by atoms with Crippen molar-refractivity contribution in [2.24, 2.45) is 23.7 Å². The van der Waals surface area contributed by atoms with Crippen LogP contribution in [0, 0.1) is 23.7 Å². The number of hydrogen-bond donors (Lipinski definition) is 2. The molecule has 0 saturated carbocycles. The number of halogens is 2. The lowest BCUT2D eigenvalue weighted by atomic mass is 9.76. The van der Waals surface area contributed by atoms with Gasteiger partial charge in [0, 0.05) is 128 Å². The van der Waals surface area contributed by atoms with Gasteiger partial charge in [0.25, 0.3) is 5.91 Å².